The number of nitrogens with zero attached hydrogens (tertiary/aromatic N) is 1. The molecule has 18 heavy (non-hydrogen) atoms. The molecule has 0 spiro atoms. The summed E-state index contributed by atoms with van der Waals surface area (Å²) in [6.45, 7) is 3.28. The minimum absolute atomic E-state index is 0.641. The van der Waals surface area contributed by atoms with Crippen LogP contribution in [0.1, 0.15) is 36.4 Å². The second kappa shape index (κ2) is 5.32. The highest BCUT2D eigenvalue weighted by Gasteiger charge is 2.30. The van der Waals surface area contributed by atoms with E-state index in [2.05, 4.69) is 39.0 Å². The Morgan fingerprint density at radius 1 is 1.33 bits per heavy atom. The van der Waals surface area contributed by atoms with Crippen molar-refractivity contribution in [3.05, 3.63) is 33.8 Å². The lowest BCUT2D eigenvalue weighted by molar-refractivity contribution is 0.125. The van der Waals surface area contributed by atoms with Crippen LogP contribution in [0.5, 0.6) is 0 Å². The number of hydrogen-bond donors (Lipinski definition) is 1. The SMILES string of the molecule is NCC1CCCN(C2CCc3cc(Br)ccc32)C1. The van der Waals surface area contributed by atoms with E-state index in [0.717, 1.165) is 6.54 Å². The molecule has 1 fully saturated rings. The van der Waals surface area contributed by atoms with Crippen LogP contribution in [0.15, 0.2) is 22.7 Å². The number of fused-ring (bicyclic) bond motifs is 1. The number of benzene rings is 1. The molecule has 0 saturated carbocycles. The van der Waals surface area contributed by atoms with Crippen LogP contribution < -0.4 is 5.73 Å². The highest BCUT2D eigenvalue weighted by Crippen LogP contribution is 2.38. The van der Waals surface area contributed by atoms with Crippen molar-refractivity contribution in [3.63, 3.8) is 0 Å². The van der Waals surface area contributed by atoms with Crippen molar-refractivity contribution in [3.8, 4) is 0 Å². The van der Waals surface area contributed by atoms with Gasteiger partial charge in [-0.1, -0.05) is 22.0 Å². The van der Waals surface area contributed by atoms with Gasteiger partial charge < -0.3 is 5.73 Å². The summed E-state index contributed by atoms with van der Waals surface area (Å²) in [5.74, 6) is 0.707. The molecule has 2 nitrogen and oxygen atoms in total. The van der Waals surface area contributed by atoms with E-state index < -0.39 is 0 Å². The van der Waals surface area contributed by atoms with Crippen LogP contribution in [0, 0.1) is 5.92 Å². The summed E-state index contributed by atoms with van der Waals surface area (Å²) in [6.07, 6.45) is 5.13. The first kappa shape index (κ1) is 12.6. The van der Waals surface area contributed by atoms with Crippen molar-refractivity contribution in [2.24, 2.45) is 11.7 Å². The Morgan fingerprint density at radius 2 is 2.22 bits per heavy atom. The normalized spacial score (nSPS) is 28.3. The smallest absolute Gasteiger partial charge is 0.0354 e. The lowest BCUT2D eigenvalue weighted by atomic mass is 9.95. The van der Waals surface area contributed by atoms with Crippen LogP contribution in [0.25, 0.3) is 0 Å². The number of likely N-dealkylation sites (tertiary alicyclic amines) is 1. The van der Waals surface area contributed by atoms with Crippen molar-refractivity contribution in [1.82, 2.24) is 4.90 Å². The van der Waals surface area contributed by atoms with Crippen LogP contribution in [0.3, 0.4) is 0 Å². The first-order chi connectivity index (χ1) is 8.78. The molecule has 2 aliphatic rings. The molecule has 98 valence electrons. The fraction of sp³-hybridized carbons (Fsp3) is 0.600. The second-order valence-electron chi connectivity index (χ2n) is 5.64. The number of halogens is 1. The second-order valence-corrected chi connectivity index (χ2v) is 6.55. The first-order valence-electron chi connectivity index (χ1n) is 7.00. The fourth-order valence-corrected chi connectivity index (χ4v) is 3.92. The number of nitrogens with two attached hydrogens (primary N) is 1. The Labute approximate surface area is 118 Å². The van der Waals surface area contributed by atoms with Crippen LogP contribution in [-0.2, 0) is 6.42 Å². The Bertz CT molecular complexity index is 433. The van der Waals surface area contributed by atoms with Gasteiger partial charge in [-0.2, -0.15) is 0 Å². The zero-order chi connectivity index (χ0) is 12.5. The summed E-state index contributed by atoms with van der Waals surface area (Å²) in [4.78, 5) is 2.67. The molecular weight excluding hydrogens is 288 g/mol. The highest BCUT2D eigenvalue weighted by atomic mass is 79.9. The van der Waals surface area contributed by atoms with Crippen LogP contribution in [0.2, 0.25) is 0 Å². The molecule has 1 aliphatic heterocycles. The third-order valence-electron chi connectivity index (χ3n) is 4.48. The van der Waals surface area contributed by atoms with Gasteiger partial charge in [0.15, 0.2) is 0 Å². The number of aryl methyl sites for hydroxylation is 1. The first-order valence-corrected chi connectivity index (χ1v) is 7.79. The molecule has 0 radical (unpaired) electrons. The van der Waals surface area contributed by atoms with Gasteiger partial charge in [-0.15, -0.1) is 0 Å². The summed E-state index contributed by atoms with van der Waals surface area (Å²) >= 11 is 3.57. The zero-order valence-electron chi connectivity index (χ0n) is 10.7. The van der Waals surface area contributed by atoms with E-state index >= 15 is 0 Å². The maximum absolute atomic E-state index is 5.85. The monoisotopic (exact) mass is 308 g/mol. The Balaban J connectivity index is 1.79. The maximum atomic E-state index is 5.85. The molecule has 1 aromatic carbocycles. The molecule has 0 aromatic heterocycles. The summed E-state index contributed by atoms with van der Waals surface area (Å²) in [7, 11) is 0. The molecule has 0 amide bonds. The van der Waals surface area contributed by atoms with E-state index in [1.54, 1.807) is 5.56 Å². The molecule has 1 aromatic rings. The summed E-state index contributed by atoms with van der Waals surface area (Å²) in [5, 5.41) is 0. The van der Waals surface area contributed by atoms with E-state index in [9.17, 15) is 0 Å². The van der Waals surface area contributed by atoms with Gasteiger partial charge in [0.1, 0.15) is 0 Å². The van der Waals surface area contributed by atoms with Crippen molar-refractivity contribution >= 4 is 15.9 Å². The average molecular weight is 309 g/mol. The fourth-order valence-electron chi connectivity index (χ4n) is 3.52. The predicted octanol–water partition coefficient (Wildman–Crippen LogP) is 3.11. The van der Waals surface area contributed by atoms with E-state index in [1.165, 1.54) is 48.8 Å². The van der Waals surface area contributed by atoms with Crippen molar-refractivity contribution in [2.75, 3.05) is 19.6 Å². The lowest BCUT2D eigenvalue weighted by Crippen LogP contribution is -2.40. The minimum atomic E-state index is 0.641. The highest BCUT2D eigenvalue weighted by molar-refractivity contribution is 9.10. The van der Waals surface area contributed by atoms with Crippen molar-refractivity contribution in [2.45, 2.75) is 31.7 Å². The zero-order valence-corrected chi connectivity index (χ0v) is 12.3. The van der Waals surface area contributed by atoms with Gasteiger partial charge in [0, 0.05) is 17.1 Å². The number of rotatable bonds is 2. The molecule has 2 N–H and O–H groups in total. The van der Waals surface area contributed by atoms with Gasteiger partial charge in [-0.05, 0) is 68.0 Å². The van der Waals surface area contributed by atoms with Crippen molar-refractivity contribution in [1.29, 1.82) is 0 Å². The van der Waals surface area contributed by atoms with Gasteiger partial charge in [-0.25, -0.2) is 0 Å². The van der Waals surface area contributed by atoms with Gasteiger partial charge in [0.05, 0.1) is 0 Å². The third kappa shape index (κ3) is 2.36. The summed E-state index contributed by atoms with van der Waals surface area (Å²) in [6, 6.07) is 7.42. The van der Waals surface area contributed by atoms with Gasteiger partial charge in [0.2, 0.25) is 0 Å². The molecule has 1 heterocycles. The molecule has 3 heteroatoms. The molecule has 0 bridgehead atoms. The molecule has 1 saturated heterocycles. The Hall–Kier alpha value is -0.380. The van der Waals surface area contributed by atoms with Gasteiger partial charge >= 0.3 is 0 Å². The minimum Gasteiger partial charge on any atom is -0.330 e. The number of hydrogen-bond acceptors (Lipinski definition) is 2. The van der Waals surface area contributed by atoms with Gasteiger partial charge in [0.25, 0.3) is 0 Å². The van der Waals surface area contributed by atoms with Crippen LogP contribution >= 0.6 is 15.9 Å². The van der Waals surface area contributed by atoms with E-state index in [4.69, 9.17) is 5.73 Å². The third-order valence-corrected chi connectivity index (χ3v) is 4.97. The number of piperidine rings is 1. The molecule has 2 unspecified atom stereocenters. The summed E-state index contributed by atoms with van der Waals surface area (Å²) < 4.78 is 1.21. The Morgan fingerprint density at radius 3 is 3.06 bits per heavy atom. The molecular formula is C15H21BrN2. The predicted molar refractivity (Wildman–Crippen MR) is 78.6 cm³/mol. The maximum Gasteiger partial charge on any atom is 0.0354 e. The van der Waals surface area contributed by atoms with E-state index in [1.807, 2.05) is 0 Å². The standard InChI is InChI=1S/C15H21BrN2/c16-13-4-5-14-12(8-13)3-6-15(14)18-7-1-2-11(9-17)10-18/h4-5,8,11,15H,1-3,6-7,9-10,17H2. The van der Waals surface area contributed by atoms with Gasteiger partial charge in [-0.3, -0.25) is 4.90 Å². The largest absolute Gasteiger partial charge is 0.330 e. The van der Waals surface area contributed by atoms with E-state index in [-0.39, 0.29) is 0 Å². The molecule has 1 aliphatic carbocycles. The lowest BCUT2D eigenvalue weighted by Gasteiger charge is -2.36. The van der Waals surface area contributed by atoms with Crippen LogP contribution in [0.4, 0.5) is 0 Å². The molecule has 3 rings (SSSR count). The average Bonchev–Trinajstić information content (AvgIpc) is 2.81. The van der Waals surface area contributed by atoms with Crippen LogP contribution in [-0.4, -0.2) is 24.5 Å². The quantitative estimate of drug-likeness (QED) is 0.909. The Kier molecular flexibility index (Phi) is 3.73. The van der Waals surface area contributed by atoms with E-state index in [0.29, 0.717) is 12.0 Å². The topological polar surface area (TPSA) is 29.3 Å². The molecule has 2 atom stereocenters. The van der Waals surface area contributed by atoms with Crippen molar-refractivity contribution < 1.29 is 0 Å². The summed E-state index contributed by atoms with van der Waals surface area (Å²) in [5.41, 5.74) is 8.93.